The Kier molecular flexibility index (Phi) is 5.50. The number of benzene rings is 1. The molecule has 1 aromatic carbocycles. The SMILES string of the molecule is CC(=O)OCC1=C(C(=O)O)N2C(=O)[C@@H](NC(=O)Cc3ccccc3)[C@@H]2SC1. The van der Waals surface area contributed by atoms with E-state index in [4.69, 9.17) is 4.74 Å². The molecule has 9 heteroatoms. The van der Waals surface area contributed by atoms with Crippen molar-refractivity contribution in [2.24, 2.45) is 0 Å². The second kappa shape index (κ2) is 7.83. The fourth-order valence-electron chi connectivity index (χ4n) is 2.99. The van der Waals surface area contributed by atoms with E-state index >= 15 is 0 Å². The fourth-order valence-corrected chi connectivity index (χ4v) is 4.32. The Hall–Kier alpha value is -2.81. The number of carbonyl (C=O) groups excluding carboxylic acids is 3. The number of carbonyl (C=O) groups is 4. The maximum atomic E-state index is 12.5. The Bertz CT molecular complexity index is 822. The first-order valence-electron chi connectivity index (χ1n) is 8.25. The van der Waals surface area contributed by atoms with Gasteiger partial charge in [-0.25, -0.2) is 4.79 Å². The number of carboxylic acid groups (broad SMARTS) is 1. The molecule has 0 aliphatic carbocycles. The van der Waals surface area contributed by atoms with Crippen molar-refractivity contribution in [1.82, 2.24) is 10.2 Å². The van der Waals surface area contributed by atoms with Crippen molar-refractivity contribution >= 4 is 35.5 Å². The van der Waals surface area contributed by atoms with E-state index < -0.39 is 29.3 Å². The zero-order valence-electron chi connectivity index (χ0n) is 14.5. The van der Waals surface area contributed by atoms with Gasteiger partial charge in [-0.05, 0) is 5.56 Å². The quantitative estimate of drug-likeness (QED) is 0.538. The number of rotatable bonds is 6. The van der Waals surface area contributed by atoms with Crippen LogP contribution in [0.2, 0.25) is 0 Å². The summed E-state index contributed by atoms with van der Waals surface area (Å²) in [4.78, 5) is 48.5. The molecule has 1 aromatic rings. The minimum atomic E-state index is -1.26. The third kappa shape index (κ3) is 3.97. The topological polar surface area (TPSA) is 113 Å². The van der Waals surface area contributed by atoms with Crippen LogP contribution < -0.4 is 5.32 Å². The number of hydrogen-bond donors (Lipinski definition) is 2. The van der Waals surface area contributed by atoms with Gasteiger partial charge in [0.05, 0.1) is 6.42 Å². The van der Waals surface area contributed by atoms with Crippen molar-refractivity contribution < 1.29 is 29.0 Å². The number of β-lactam (4-membered cyclic amide) rings is 1. The van der Waals surface area contributed by atoms with E-state index in [-0.39, 0.29) is 24.6 Å². The minimum absolute atomic E-state index is 0.140. The largest absolute Gasteiger partial charge is 0.477 e. The Morgan fingerprint density at radius 2 is 2.00 bits per heavy atom. The van der Waals surface area contributed by atoms with E-state index in [2.05, 4.69) is 5.32 Å². The van der Waals surface area contributed by atoms with Crippen LogP contribution in [0.5, 0.6) is 0 Å². The number of nitrogens with zero attached hydrogens (tertiary/aromatic N) is 1. The number of amides is 2. The monoisotopic (exact) mass is 390 g/mol. The van der Waals surface area contributed by atoms with Gasteiger partial charge in [-0.2, -0.15) is 0 Å². The summed E-state index contributed by atoms with van der Waals surface area (Å²) in [5.41, 5.74) is 1.02. The zero-order valence-corrected chi connectivity index (χ0v) is 15.3. The zero-order chi connectivity index (χ0) is 19.6. The maximum Gasteiger partial charge on any atom is 0.352 e. The summed E-state index contributed by atoms with van der Waals surface area (Å²) in [7, 11) is 0. The van der Waals surface area contributed by atoms with Gasteiger partial charge in [0.25, 0.3) is 5.91 Å². The lowest BCUT2D eigenvalue weighted by molar-refractivity contribution is -0.151. The Labute approximate surface area is 159 Å². The smallest absolute Gasteiger partial charge is 0.352 e. The molecule has 0 saturated carbocycles. The maximum absolute atomic E-state index is 12.5. The summed E-state index contributed by atoms with van der Waals surface area (Å²) in [5, 5.41) is 11.7. The number of esters is 1. The fraction of sp³-hybridized carbons (Fsp3) is 0.333. The first-order valence-corrected chi connectivity index (χ1v) is 9.30. The number of carboxylic acids is 1. The van der Waals surface area contributed by atoms with Crippen LogP contribution in [0.1, 0.15) is 12.5 Å². The van der Waals surface area contributed by atoms with Gasteiger partial charge in [0.2, 0.25) is 5.91 Å². The summed E-state index contributed by atoms with van der Waals surface area (Å²) in [6, 6.07) is 8.36. The highest BCUT2D eigenvalue weighted by molar-refractivity contribution is 8.00. The molecule has 27 heavy (non-hydrogen) atoms. The van der Waals surface area contributed by atoms with Crippen LogP contribution in [0.4, 0.5) is 0 Å². The van der Waals surface area contributed by atoms with E-state index in [1.807, 2.05) is 30.3 Å². The van der Waals surface area contributed by atoms with Crippen molar-refractivity contribution in [2.45, 2.75) is 24.8 Å². The number of fused-ring (bicyclic) bond motifs is 1. The van der Waals surface area contributed by atoms with Gasteiger partial charge in [-0.3, -0.25) is 19.3 Å². The molecule has 0 spiro atoms. The van der Waals surface area contributed by atoms with Crippen molar-refractivity contribution in [3.63, 3.8) is 0 Å². The van der Waals surface area contributed by atoms with E-state index in [9.17, 15) is 24.3 Å². The summed E-state index contributed by atoms with van der Waals surface area (Å²) >= 11 is 1.33. The standard InChI is InChI=1S/C18H18N2O6S/c1-10(21)26-8-12-9-27-17-14(16(23)20(17)15(12)18(24)25)19-13(22)7-11-5-3-2-4-6-11/h2-6,14,17H,7-9H2,1H3,(H,19,22)(H,24,25)/t14-,17+/m1/s1. The molecule has 0 bridgehead atoms. The highest BCUT2D eigenvalue weighted by Crippen LogP contribution is 2.40. The van der Waals surface area contributed by atoms with Gasteiger partial charge < -0.3 is 15.2 Å². The summed E-state index contributed by atoms with van der Waals surface area (Å²) in [5.74, 6) is -2.27. The van der Waals surface area contributed by atoms with Gasteiger partial charge >= 0.3 is 11.9 Å². The van der Waals surface area contributed by atoms with E-state index in [1.54, 1.807) is 0 Å². The molecule has 2 atom stereocenters. The normalized spacial score (nSPS) is 21.2. The first kappa shape index (κ1) is 19.0. The molecule has 3 rings (SSSR count). The van der Waals surface area contributed by atoms with Crippen LogP contribution in [-0.2, 0) is 30.3 Å². The molecule has 0 aromatic heterocycles. The molecule has 2 amide bonds. The molecule has 8 nitrogen and oxygen atoms in total. The van der Waals surface area contributed by atoms with Crippen LogP contribution in [0.15, 0.2) is 41.6 Å². The highest BCUT2D eigenvalue weighted by atomic mass is 32.2. The third-order valence-electron chi connectivity index (χ3n) is 4.22. The Morgan fingerprint density at radius 3 is 2.63 bits per heavy atom. The van der Waals surface area contributed by atoms with Crippen LogP contribution in [0, 0.1) is 0 Å². The van der Waals surface area contributed by atoms with E-state index in [0.717, 1.165) is 10.5 Å². The van der Waals surface area contributed by atoms with Crippen molar-refractivity contribution in [3.8, 4) is 0 Å². The molecule has 0 unspecified atom stereocenters. The second-order valence-electron chi connectivity index (χ2n) is 6.15. The van der Waals surface area contributed by atoms with Crippen LogP contribution in [-0.4, -0.2) is 57.5 Å². The Balaban J connectivity index is 1.68. The number of ether oxygens (including phenoxy) is 1. The predicted molar refractivity (Wildman–Crippen MR) is 96.5 cm³/mol. The number of hydrogen-bond acceptors (Lipinski definition) is 6. The third-order valence-corrected chi connectivity index (χ3v) is 5.56. The lowest BCUT2D eigenvalue weighted by atomic mass is 10.0. The Morgan fingerprint density at radius 1 is 1.30 bits per heavy atom. The average molecular weight is 390 g/mol. The van der Waals surface area contributed by atoms with Crippen molar-refractivity contribution in [3.05, 3.63) is 47.2 Å². The second-order valence-corrected chi connectivity index (χ2v) is 7.26. The van der Waals surface area contributed by atoms with Crippen LogP contribution in [0.3, 0.4) is 0 Å². The molecule has 2 aliphatic rings. The molecule has 1 fully saturated rings. The summed E-state index contributed by atoms with van der Waals surface area (Å²) in [6.45, 7) is 1.05. The molecule has 2 heterocycles. The highest BCUT2D eigenvalue weighted by Gasteiger charge is 2.54. The molecule has 142 valence electrons. The molecule has 2 N–H and O–H groups in total. The van der Waals surface area contributed by atoms with Gasteiger partial charge in [-0.15, -0.1) is 11.8 Å². The summed E-state index contributed by atoms with van der Waals surface area (Å²) < 4.78 is 4.88. The average Bonchev–Trinajstić information content (AvgIpc) is 2.64. The predicted octanol–water partition coefficient (Wildman–Crippen LogP) is 0.531. The van der Waals surface area contributed by atoms with Crippen LogP contribution in [0.25, 0.3) is 0 Å². The first-order chi connectivity index (χ1) is 12.9. The molecule has 2 aliphatic heterocycles. The van der Waals surface area contributed by atoms with Gasteiger partial charge in [0.15, 0.2) is 0 Å². The van der Waals surface area contributed by atoms with Gasteiger partial charge in [-0.1, -0.05) is 30.3 Å². The number of aliphatic carboxylic acids is 1. The van der Waals surface area contributed by atoms with E-state index in [0.29, 0.717) is 11.3 Å². The molecular formula is C18H18N2O6S. The van der Waals surface area contributed by atoms with Crippen molar-refractivity contribution in [2.75, 3.05) is 12.4 Å². The molecule has 1 saturated heterocycles. The summed E-state index contributed by atoms with van der Waals surface area (Å²) in [6.07, 6.45) is 0.140. The lowest BCUT2D eigenvalue weighted by Gasteiger charge is -2.49. The number of thioether (sulfide) groups is 1. The van der Waals surface area contributed by atoms with Crippen molar-refractivity contribution in [1.29, 1.82) is 0 Å². The molecule has 0 radical (unpaired) electrons. The van der Waals surface area contributed by atoms with Gasteiger partial charge in [0.1, 0.15) is 23.7 Å². The van der Waals surface area contributed by atoms with E-state index in [1.165, 1.54) is 18.7 Å². The minimum Gasteiger partial charge on any atom is -0.477 e. The number of nitrogens with one attached hydrogen (secondary N) is 1. The van der Waals surface area contributed by atoms with Gasteiger partial charge in [0, 0.05) is 18.2 Å². The van der Waals surface area contributed by atoms with Crippen LogP contribution >= 0.6 is 11.8 Å². The molecular weight excluding hydrogens is 372 g/mol. The lowest BCUT2D eigenvalue weighted by Crippen LogP contribution is -2.70.